The van der Waals surface area contributed by atoms with Crippen LogP contribution in [0.25, 0.3) is 0 Å². The largest absolute Gasteiger partial charge is 0.231 e. The molecule has 12 heavy (non-hydrogen) atoms. The van der Waals surface area contributed by atoms with Crippen LogP contribution in [0.1, 0.15) is 5.56 Å². The third-order valence-corrected chi connectivity index (χ3v) is 1.29. The van der Waals surface area contributed by atoms with Crippen LogP contribution in [-0.2, 0) is 16.4 Å². The van der Waals surface area contributed by atoms with Crippen molar-refractivity contribution in [2.45, 2.75) is 6.61 Å². The van der Waals surface area contributed by atoms with Crippen LogP contribution in [-0.4, -0.2) is 6.61 Å². The molecule has 0 atom stereocenters. The summed E-state index contributed by atoms with van der Waals surface area (Å²) in [6, 6.07) is 9.75. The molecule has 0 radical (unpaired) electrons. The van der Waals surface area contributed by atoms with E-state index in [4.69, 9.17) is 11.3 Å². The van der Waals surface area contributed by atoms with Gasteiger partial charge in [-0.2, -0.15) is 0 Å². The van der Waals surface area contributed by atoms with E-state index < -0.39 is 0 Å². The first-order valence-electron chi connectivity index (χ1n) is 3.65. The van der Waals surface area contributed by atoms with Gasteiger partial charge in [-0.1, -0.05) is 36.3 Å². The molecule has 0 N–H and O–H groups in total. The van der Waals surface area contributed by atoms with Crippen molar-refractivity contribution < 1.29 is 9.78 Å². The lowest BCUT2D eigenvalue weighted by Crippen LogP contribution is -1.94. The fourth-order valence-corrected chi connectivity index (χ4v) is 0.760. The van der Waals surface area contributed by atoms with Crippen molar-refractivity contribution in [3.8, 4) is 12.3 Å². The quantitative estimate of drug-likeness (QED) is 0.291. The van der Waals surface area contributed by atoms with Gasteiger partial charge in [-0.3, -0.25) is 0 Å². The number of benzene rings is 1. The van der Waals surface area contributed by atoms with Crippen LogP contribution in [0.4, 0.5) is 0 Å². The second-order valence-corrected chi connectivity index (χ2v) is 2.21. The molecule has 62 valence electrons. The molecule has 2 nitrogen and oxygen atoms in total. The number of hydrogen-bond acceptors (Lipinski definition) is 2. The zero-order valence-electron chi connectivity index (χ0n) is 6.69. The highest BCUT2D eigenvalue weighted by Crippen LogP contribution is 1.99. The first-order valence-corrected chi connectivity index (χ1v) is 3.65. The molecular formula is C10H10O2. The van der Waals surface area contributed by atoms with E-state index in [1.54, 1.807) is 0 Å². The van der Waals surface area contributed by atoms with E-state index in [9.17, 15) is 0 Å². The van der Waals surface area contributed by atoms with Gasteiger partial charge in [-0.05, 0) is 5.56 Å². The van der Waals surface area contributed by atoms with Crippen molar-refractivity contribution in [2.75, 3.05) is 6.61 Å². The maximum absolute atomic E-state index is 4.95. The minimum absolute atomic E-state index is 0.187. The molecule has 0 aliphatic carbocycles. The predicted octanol–water partition coefficient (Wildman–Crippen LogP) is 1.77. The Hall–Kier alpha value is -1.30. The summed E-state index contributed by atoms with van der Waals surface area (Å²) in [6.45, 7) is 0.620. The van der Waals surface area contributed by atoms with Gasteiger partial charge in [0, 0.05) is 0 Å². The Kier molecular flexibility index (Phi) is 3.93. The summed E-state index contributed by atoms with van der Waals surface area (Å²) < 4.78 is 0. The summed E-state index contributed by atoms with van der Waals surface area (Å²) in [5.41, 5.74) is 1.06. The second kappa shape index (κ2) is 5.36. The van der Waals surface area contributed by atoms with Gasteiger partial charge in [0.15, 0.2) is 0 Å². The van der Waals surface area contributed by atoms with E-state index in [1.807, 2.05) is 30.3 Å². The fourth-order valence-electron chi connectivity index (χ4n) is 0.760. The lowest BCUT2D eigenvalue weighted by Gasteiger charge is -2.00. The number of terminal acetylenes is 1. The van der Waals surface area contributed by atoms with Gasteiger partial charge < -0.3 is 0 Å². The summed E-state index contributed by atoms with van der Waals surface area (Å²) in [6.07, 6.45) is 4.95. The first-order chi connectivity index (χ1) is 5.93. The Morgan fingerprint density at radius 2 is 1.92 bits per heavy atom. The third-order valence-electron chi connectivity index (χ3n) is 1.29. The maximum atomic E-state index is 4.95. The van der Waals surface area contributed by atoms with Gasteiger partial charge in [0.1, 0.15) is 13.2 Å². The summed E-state index contributed by atoms with van der Waals surface area (Å²) in [5.74, 6) is 2.31. The van der Waals surface area contributed by atoms with Gasteiger partial charge in [-0.15, -0.1) is 6.42 Å². The van der Waals surface area contributed by atoms with Gasteiger partial charge in [0.05, 0.1) is 0 Å². The molecule has 0 saturated heterocycles. The van der Waals surface area contributed by atoms with Crippen molar-refractivity contribution in [1.29, 1.82) is 0 Å². The Bertz CT molecular complexity index is 248. The highest BCUT2D eigenvalue weighted by molar-refractivity contribution is 5.13. The van der Waals surface area contributed by atoms with E-state index in [0.29, 0.717) is 6.61 Å². The summed E-state index contributed by atoms with van der Waals surface area (Å²) >= 11 is 0. The highest BCUT2D eigenvalue weighted by atomic mass is 17.2. The molecule has 0 unspecified atom stereocenters. The molecule has 0 aromatic heterocycles. The van der Waals surface area contributed by atoms with Crippen LogP contribution < -0.4 is 0 Å². The minimum Gasteiger partial charge on any atom is -0.231 e. The lowest BCUT2D eigenvalue weighted by molar-refractivity contribution is -0.294. The molecule has 0 bridgehead atoms. The van der Waals surface area contributed by atoms with Crippen LogP contribution in [0.2, 0.25) is 0 Å². The normalized spacial score (nSPS) is 9.25. The van der Waals surface area contributed by atoms with Crippen molar-refractivity contribution >= 4 is 0 Å². The van der Waals surface area contributed by atoms with Crippen LogP contribution in [0, 0.1) is 12.3 Å². The van der Waals surface area contributed by atoms with Gasteiger partial charge in [0.2, 0.25) is 0 Å². The topological polar surface area (TPSA) is 18.5 Å². The van der Waals surface area contributed by atoms with Crippen LogP contribution in [0.3, 0.4) is 0 Å². The summed E-state index contributed by atoms with van der Waals surface area (Å²) in [7, 11) is 0. The fraction of sp³-hybridized carbons (Fsp3) is 0.200. The Balaban J connectivity index is 2.21. The summed E-state index contributed by atoms with van der Waals surface area (Å²) in [4.78, 5) is 9.47. The molecular weight excluding hydrogens is 152 g/mol. The molecule has 0 aliphatic heterocycles. The molecule has 0 saturated carbocycles. The number of hydrogen-bond donors (Lipinski definition) is 0. The van der Waals surface area contributed by atoms with Crippen molar-refractivity contribution in [1.82, 2.24) is 0 Å². The summed E-state index contributed by atoms with van der Waals surface area (Å²) in [5, 5.41) is 0. The molecule has 0 heterocycles. The SMILES string of the molecule is C#CCOOCc1ccccc1. The van der Waals surface area contributed by atoms with E-state index in [2.05, 4.69) is 10.8 Å². The molecule has 0 fully saturated rings. The minimum atomic E-state index is 0.187. The van der Waals surface area contributed by atoms with Crippen LogP contribution in [0.5, 0.6) is 0 Å². The molecule has 1 aromatic carbocycles. The zero-order valence-corrected chi connectivity index (χ0v) is 6.69. The van der Waals surface area contributed by atoms with Gasteiger partial charge >= 0.3 is 0 Å². The number of rotatable bonds is 4. The van der Waals surface area contributed by atoms with Crippen molar-refractivity contribution in [3.63, 3.8) is 0 Å². The third kappa shape index (κ3) is 3.20. The predicted molar refractivity (Wildman–Crippen MR) is 46.0 cm³/mol. The monoisotopic (exact) mass is 162 g/mol. The lowest BCUT2D eigenvalue weighted by atomic mass is 10.2. The zero-order chi connectivity index (χ0) is 8.65. The van der Waals surface area contributed by atoms with E-state index in [1.165, 1.54) is 0 Å². The molecule has 1 rings (SSSR count). The smallest absolute Gasteiger partial charge is 0.142 e. The average molecular weight is 162 g/mol. The van der Waals surface area contributed by atoms with Crippen LogP contribution in [0.15, 0.2) is 30.3 Å². The van der Waals surface area contributed by atoms with Crippen molar-refractivity contribution in [3.05, 3.63) is 35.9 Å². The van der Waals surface area contributed by atoms with Crippen molar-refractivity contribution in [2.24, 2.45) is 0 Å². The first kappa shape index (κ1) is 8.79. The standard InChI is InChI=1S/C10H10O2/c1-2-8-11-12-9-10-6-4-3-5-7-10/h1,3-7H,8-9H2. The molecule has 0 amide bonds. The molecule has 0 spiro atoms. The Morgan fingerprint density at radius 1 is 1.17 bits per heavy atom. The second-order valence-electron chi connectivity index (χ2n) is 2.21. The van der Waals surface area contributed by atoms with Crippen LogP contribution >= 0.6 is 0 Å². The highest BCUT2D eigenvalue weighted by Gasteiger charge is 1.90. The maximum Gasteiger partial charge on any atom is 0.142 e. The van der Waals surface area contributed by atoms with E-state index >= 15 is 0 Å². The van der Waals surface area contributed by atoms with Gasteiger partial charge in [-0.25, -0.2) is 9.78 Å². The molecule has 1 aromatic rings. The van der Waals surface area contributed by atoms with E-state index in [0.717, 1.165) is 5.56 Å². The Morgan fingerprint density at radius 3 is 2.58 bits per heavy atom. The molecule has 0 aliphatic rings. The van der Waals surface area contributed by atoms with E-state index in [-0.39, 0.29) is 6.61 Å². The average Bonchev–Trinajstić information content (AvgIpc) is 2.14. The van der Waals surface area contributed by atoms with Gasteiger partial charge in [0.25, 0.3) is 0 Å². The Labute approximate surface area is 72.0 Å². The molecule has 2 heteroatoms.